The maximum atomic E-state index is 12.4. The number of benzene rings is 1. The van der Waals surface area contributed by atoms with Gasteiger partial charge in [0.2, 0.25) is 0 Å². The highest BCUT2D eigenvalue weighted by molar-refractivity contribution is 5.96. The molecule has 1 fully saturated rings. The van der Waals surface area contributed by atoms with Crippen LogP contribution in [0.2, 0.25) is 0 Å². The molecule has 0 radical (unpaired) electrons. The lowest BCUT2D eigenvalue weighted by atomic mass is 10.2. The van der Waals surface area contributed by atoms with Gasteiger partial charge >= 0.3 is 5.97 Å². The molecular weight excluding hydrogens is 268 g/mol. The van der Waals surface area contributed by atoms with Gasteiger partial charge in [-0.25, -0.2) is 4.79 Å². The summed E-state index contributed by atoms with van der Waals surface area (Å²) in [7, 11) is 0. The number of aliphatic carboxylic acids is 1. The summed E-state index contributed by atoms with van der Waals surface area (Å²) in [5.41, 5.74) is 2.28. The number of likely N-dealkylation sites (tertiary alicyclic amines) is 1. The van der Waals surface area contributed by atoms with Gasteiger partial charge in [-0.15, -0.1) is 0 Å². The molecule has 5 heteroatoms. The third-order valence-corrected chi connectivity index (χ3v) is 3.80. The topological polar surface area (TPSA) is 73.4 Å². The summed E-state index contributed by atoms with van der Waals surface area (Å²) in [6.07, 6.45) is 1.25. The van der Waals surface area contributed by atoms with Crippen LogP contribution >= 0.6 is 0 Å². The smallest absolute Gasteiger partial charge is 0.326 e. The number of nitrogens with one attached hydrogen (secondary N) is 1. The van der Waals surface area contributed by atoms with Gasteiger partial charge in [0.15, 0.2) is 0 Å². The van der Waals surface area contributed by atoms with Gasteiger partial charge < -0.3 is 15.0 Å². The van der Waals surface area contributed by atoms with Crippen molar-refractivity contribution in [1.82, 2.24) is 9.88 Å². The molecule has 1 atom stereocenters. The van der Waals surface area contributed by atoms with Crippen LogP contribution in [0.25, 0.3) is 11.3 Å². The van der Waals surface area contributed by atoms with Crippen LogP contribution < -0.4 is 0 Å². The van der Waals surface area contributed by atoms with Crippen molar-refractivity contribution in [2.75, 3.05) is 6.54 Å². The minimum Gasteiger partial charge on any atom is -0.480 e. The third kappa shape index (κ3) is 2.54. The highest BCUT2D eigenvalue weighted by atomic mass is 16.4. The molecule has 0 bridgehead atoms. The molecule has 5 nitrogen and oxygen atoms in total. The molecule has 2 N–H and O–H groups in total. The molecule has 1 aromatic carbocycles. The lowest BCUT2D eigenvalue weighted by Crippen LogP contribution is -2.40. The van der Waals surface area contributed by atoms with E-state index in [1.165, 1.54) is 4.90 Å². The van der Waals surface area contributed by atoms with E-state index in [0.717, 1.165) is 17.7 Å². The van der Waals surface area contributed by atoms with E-state index in [0.29, 0.717) is 18.7 Å². The van der Waals surface area contributed by atoms with Crippen LogP contribution in [0.4, 0.5) is 0 Å². The Bertz CT molecular complexity index is 663. The molecule has 1 aliphatic heterocycles. The number of hydrogen-bond donors (Lipinski definition) is 2. The Balaban J connectivity index is 1.83. The zero-order chi connectivity index (χ0) is 14.8. The molecule has 0 aliphatic carbocycles. The van der Waals surface area contributed by atoms with E-state index in [1.54, 1.807) is 6.07 Å². The average Bonchev–Trinajstić information content (AvgIpc) is 3.17. The van der Waals surface area contributed by atoms with Crippen LogP contribution in [0.15, 0.2) is 42.5 Å². The Labute approximate surface area is 122 Å². The lowest BCUT2D eigenvalue weighted by molar-refractivity contribution is -0.141. The van der Waals surface area contributed by atoms with E-state index < -0.39 is 12.0 Å². The van der Waals surface area contributed by atoms with Gasteiger partial charge in [-0.05, 0) is 30.5 Å². The summed E-state index contributed by atoms with van der Waals surface area (Å²) >= 11 is 0. The van der Waals surface area contributed by atoms with Gasteiger partial charge in [-0.3, -0.25) is 4.79 Å². The van der Waals surface area contributed by atoms with Crippen molar-refractivity contribution in [3.8, 4) is 11.3 Å². The predicted molar refractivity (Wildman–Crippen MR) is 77.9 cm³/mol. The first-order valence-electron chi connectivity index (χ1n) is 6.95. The monoisotopic (exact) mass is 284 g/mol. The number of hydrogen-bond acceptors (Lipinski definition) is 2. The average molecular weight is 284 g/mol. The van der Waals surface area contributed by atoms with Crippen molar-refractivity contribution >= 4 is 11.9 Å². The molecule has 21 heavy (non-hydrogen) atoms. The Kier molecular flexibility index (Phi) is 3.48. The van der Waals surface area contributed by atoms with Gasteiger partial charge in [0.05, 0.1) is 0 Å². The standard InChI is InChI=1S/C16H16N2O3/c19-15(18-10-4-7-14(18)16(20)21)13-9-8-12(17-13)11-5-2-1-3-6-11/h1-3,5-6,8-9,14,17H,4,7,10H2,(H,20,21)/t14-/m1/s1. The van der Waals surface area contributed by atoms with Gasteiger partial charge in [-0.2, -0.15) is 0 Å². The molecule has 1 amide bonds. The first-order chi connectivity index (χ1) is 10.2. The van der Waals surface area contributed by atoms with E-state index >= 15 is 0 Å². The van der Waals surface area contributed by atoms with Crippen molar-refractivity contribution in [3.05, 3.63) is 48.2 Å². The van der Waals surface area contributed by atoms with Crippen LogP contribution in [-0.2, 0) is 4.79 Å². The fourth-order valence-electron chi connectivity index (χ4n) is 2.73. The summed E-state index contributed by atoms with van der Waals surface area (Å²) in [6, 6.07) is 12.5. The van der Waals surface area contributed by atoms with Crippen molar-refractivity contribution in [3.63, 3.8) is 0 Å². The minimum atomic E-state index is -0.935. The summed E-state index contributed by atoms with van der Waals surface area (Å²) in [5, 5.41) is 9.16. The third-order valence-electron chi connectivity index (χ3n) is 3.80. The number of aromatic amines is 1. The van der Waals surface area contributed by atoms with Crippen molar-refractivity contribution in [2.24, 2.45) is 0 Å². The highest BCUT2D eigenvalue weighted by Gasteiger charge is 2.34. The lowest BCUT2D eigenvalue weighted by Gasteiger charge is -2.20. The second-order valence-corrected chi connectivity index (χ2v) is 5.15. The summed E-state index contributed by atoms with van der Waals surface area (Å²) in [6.45, 7) is 0.496. The normalized spacial score (nSPS) is 17.9. The number of rotatable bonds is 3. The van der Waals surface area contributed by atoms with E-state index in [9.17, 15) is 9.59 Å². The van der Waals surface area contributed by atoms with Gasteiger partial charge in [0.1, 0.15) is 11.7 Å². The quantitative estimate of drug-likeness (QED) is 0.908. The number of carbonyl (C=O) groups excluding carboxylic acids is 1. The second-order valence-electron chi connectivity index (χ2n) is 5.15. The number of carboxylic acids is 1. The van der Waals surface area contributed by atoms with Crippen molar-refractivity contribution < 1.29 is 14.7 Å². The molecule has 2 heterocycles. The minimum absolute atomic E-state index is 0.248. The first-order valence-corrected chi connectivity index (χ1v) is 6.95. The molecule has 3 rings (SSSR count). The maximum Gasteiger partial charge on any atom is 0.326 e. The molecular formula is C16H16N2O3. The Morgan fingerprint density at radius 2 is 1.90 bits per heavy atom. The Morgan fingerprint density at radius 3 is 2.62 bits per heavy atom. The van der Waals surface area contributed by atoms with Crippen LogP contribution in [0.3, 0.4) is 0 Å². The molecule has 1 saturated heterocycles. The number of aromatic nitrogens is 1. The number of H-pyrrole nitrogens is 1. The van der Waals surface area contributed by atoms with Crippen LogP contribution in [-0.4, -0.2) is 39.5 Å². The van der Waals surface area contributed by atoms with Crippen LogP contribution in [0.5, 0.6) is 0 Å². The molecule has 0 saturated carbocycles. The molecule has 2 aromatic rings. The number of nitrogens with zero attached hydrogens (tertiary/aromatic N) is 1. The fraction of sp³-hybridized carbons (Fsp3) is 0.250. The second kappa shape index (κ2) is 5.44. The van der Waals surface area contributed by atoms with Crippen molar-refractivity contribution in [2.45, 2.75) is 18.9 Å². The van der Waals surface area contributed by atoms with Crippen LogP contribution in [0.1, 0.15) is 23.3 Å². The molecule has 108 valence electrons. The van der Waals surface area contributed by atoms with Gasteiger partial charge in [-0.1, -0.05) is 30.3 Å². The molecule has 1 aromatic heterocycles. The number of carboxylic acid groups (broad SMARTS) is 1. The predicted octanol–water partition coefficient (Wildman–Crippen LogP) is 2.37. The van der Waals surface area contributed by atoms with E-state index in [4.69, 9.17) is 5.11 Å². The Morgan fingerprint density at radius 1 is 1.14 bits per heavy atom. The first kappa shape index (κ1) is 13.4. The summed E-state index contributed by atoms with van der Waals surface area (Å²) in [5.74, 6) is -1.18. The maximum absolute atomic E-state index is 12.4. The van der Waals surface area contributed by atoms with Crippen LogP contribution in [0, 0.1) is 0 Å². The van der Waals surface area contributed by atoms with Gasteiger partial charge in [0, 0.05) is 12.2 Å². The Hall–Kier alpha value is -2.56. The summed E-state index contributed by atoms with van der Waals surface area (Å²) in [4.78, 5) is 28.1. The number of carbonyl (C=O) groups is 2. The molecule has 0 spiro atoms. The summed E-state index contributed by atoms with van der Waals surface area (Å²) < 4.78 is 0. The largest absolute Gasteiger partial charge is 0.480 e. The number of amides is 1. The van der Waals surface area contributed by atoms with E-state index in [2.05, 4.69) is 4.98 Å². The zero-order valence-electron chi connectivity index (χ0n) is 11.5. The molecule has 0 unspecified atom stereocenters. The molecule has 1 aliphatic rings. The van der Waals surface area contributed by atoms with Gasteiger partial charge in [0.25, 0.3) is 5.91 Å². The van der Waals surface area contributed by atoms with E-state index in [-0.39, 0.29) is 5.91 Å². The fourth-order valence-corrected chi connectivity index (χ4v) is 2.73. The SMILES string of the molecule is O=C(O)[C@H]1CCCN1C(=O)c1ccc(-c2ccccc2)[nH]1. The highest BCUT2D eigenvalue weighted by Crippen LogP contribution is 2.22. The van der Waals surface area contributed by atoms with E-state index in [1.807, 2.05) is 36.4 Å². The zero-order valence-corrected chi connectivity index (χ0v) is 11.5. The van der Waals surface area contributed by atoms with Crippen molar-refractivity contribution in [1.29, 1.82) is 0 Å².